The van der Waals surface area contributed by atoms with E-state index in [2.05, 4.69) is 9.71 Å². The van der Waals surface area contributed by atoms with E-state index in [0.717, 1.165) is 5.69 Å². The Balaban J connectivity index is 2.09. The van der Waals surface area contributed by atoms with Crippen molar-refractivity contribution in [3.05, 3.63) is 60.4 Å². The number of sulfonamides is 1. The van der Waals surface area contributed by atoms with Crippen LogP contribution in [0, 0.1) is 6.92 Å². The molecule has 6 heteroatoms. The molecule has 0 radical (unpaired) electrons. The maximum Gasteiger partial charge on any atom is 0.262 e. The number of nitrogens with one attached hydrogen (secondary N) is 1. The molecule has 0 unspecified atom stereocenters. The number of hydrogen-bond acceptors (Lipinski definition) is 4. The molecule has 0 spiro atoms. The van der Waals surface area contributed by atoms with Gasteiger partial charge in [0.25, 0.3) is 10.0 Å². The van der Waals surface area contributed by atoms with Crippen LogP contribution in [0.4, 0.5) is 5.69 Å². The summed E-state index contributed by atoms with van der Waals surface area (Å²) in [6.45, 7) is 1.81. The number of nitrogens with zero attached hydrogens (tertiary/aromatic N) is 1. The van der Waals surface area contributed by atoms with Gasteiger partial charge in [-0.25, -0.2) is 8.42 Å². The van der Waals surface area contributed by atoms with Crippen LogP contribution in [0.1, 0.15) is 5.69 Å². The van der Waals surface area contributed by atoms with Crippen LogP contribution in [0.25, 0.3) is 10.8 Å². The van der Waals surface area contributed by atoms with Gasteiger partial charge in [0.2, 0.25) is 0 Å². The fourth-order valence-corrected chi connectivity index (χ4v) is 3.31. The van der Waals surface area contributed by atoms with Gasteiger partial charge >= 0.3 is 0 Å². The number of anilines is 1. The van der Waals surface area contributed by atoms with Gasteiger partial charge in [0.05, 0.1) is 4.90 Å². The third-order valence-corrected chi connectivity index (χ3v) is 4.62. The molecule has 0 fully saturated rings. The highest BCUT2D eigenvalue weighted by atomic mass is 32.2. The summed E-state index contributed by atoms with van der Waals surface area (Å²) >= 11 is 0. The molecule has 2 N–H and O–H groups in total. The second-order valence-corrected chi connectivity index (χ2v) is 6.64. The van der Waals surface area contributed by atoms with Gasteiger partial charge in [0, 0.05) is 29.0 Å². The molecule has 0 amide bonds. The van der Waals surface area contributed by atoms with E-state index in [1.165, 1.54) is 18.3 Å². The van der Waals surface area contributed by atoms with Crippen LogP contribution < -0.4 is 4.72 Å². The minimum Gasteiger partial charge on any atom is -0.507 e. The second kappa shape index (κ2) is 5.31. The van der Waals surface area contributed by atoms with E-state index >= 15 is 0 Å². The van der Waals surface area contributed by atoms with Gasteiger partial charge in [-0.15, -0.1) is 0 Å². The molecule has 0 saturated carbocycles. The van der Waals surface area contributed by atoms with Gasteiger partial charge < -0.3 is 5.11 Å². The number of benzene rings is 2. The monoisotopic (exact) mass is 314 g/mol. The van der Waals surface area contributed by atoms with Crippen LogP contribution in [-0.2, 0) is 10.0 Å². The molecular formula is C16H14N2O3S. The predicted molar refractivity (Wildman–Crippen MR) is 85.4 cm³/mol. The summed E-state index contributed by atoms with van der Waals surface area (Å²) in [5.41, 5.74) is 1.21. The summed E-state index contributed by atoms with van der Waals surface area (Å²) in [5, 5.41) is 11.2. The lowest BCUT2D eigenvalue weighted by Gasteiger charge is -2.10. The molecule has 0 bridgehead atoms. The van der Waals surface area contributed by atoms with E-state index in [4.69, 9.17) is 0 Å². The fraction of sp³-hybridized carbons (Fsp3) is 0.0625. The number of para-hydroxylation sites is 1. The number of aromatic hydroxyl groups is 1. The first-order valence-corrected chi connectivity index (χ1v) is 8.11. The SMILES string of the molecule is Cc1cc2cc(S(=O)(=O)Nc3ccccc3)cc(O)c2cn1. The molecule has 1 aromatic heterocycles. The van der Waals surface area contributed by atoms with Crippen molar-refractivity contribution < 1.29 is 13.5 Å². The lowest BCUT2D eigenvalue weighted by atomic mass is 10.1. The molecule has 3 aromatic rings. The van der Waals surface area contributed by atoms with Crippen LogP contribution in [0.15, 0.2) is 59.6 Å². The number of fused-ring (bicyclic) bond motifs is 1. The summed E-state index contributed by atoms with van der Waals surface area (Å²) in [4.78, 5) is 4.11. The highest BCUT2D eigenvalue weighted by molar-refractivity contribution is 7.92. The molecular weight excluding hydrogens is 300 g/mol. The van der Waals surface area contributed by atoms with Gasteiger partial charge in [0.1, 0.15) is 5.75 Å². The Bertz CT molecular complexity index is 938. The average Bonchev–Trinajstić information content (AvgIpc) is 2.47. The number of aryl methyl sites for hydroxylation is 1. The molecule has 0 atom stereocenters. The summed E-state index contributed by atoms with van der Waals surface area (Å²) in [5.74, 6) is -0.113. The van der Waals surface area contributed by atoms with Crippen LogP contribution in [0.5, 0.6) is 5.75 Å². The molecule has 0 saturated heterocycles. The van der Waals surface area contributed by atoms with Gasteiger partial charge in [-0.2, -0.15) is 0 Å². The van der Waals surface area contributed by atoms with E-state index < -0.39 is 10.0 Å². The van der Waals surface area contributed by atoms with Crippen molar-refractivity contribution in [2.45, 2.75) is 11.8 Å². The predicted octanol–water partition coefficient (Wildman–Crippen LogP) is 3.05. The maximum absolute atomic E-state index is 12.4. The highest BCUT2D eigenvalue weighted by Crippen LogP contribution is 2.29. The van der Waals surface area contributed by atoms with Crippen LogP contribution in [-0.4, -0.2) is 18.5 Å². The van der Waals surface area contributed by atoms with Crippen LogP contribution >= 0.6 is 0 Å². The number of phenolic OH excluding ortho intramolecular Hbond substituents is 1. The third-order valence-electron chi connectivity index (χ3n) is 3.26. The molecule has 0 aliphatic heterocycles. The van der Waals surface area contributed by atoms with E-state index in [1.54, 1.807) is 43.3 Å². The molecule has 0 aliphatic carbocycles. The topological polar surface area (TPSA) is 79.3 Å². The highest BCUT2D eigenvalue weighted by Gasteiger charge is 2.17. The van der Waals surface area contributed by atoms with E-state index in [0.29, 0.717) is 16.5 Å². The Morgan fingerprint density at radius 2 is 1.82 bits per heavy atom. The Morgan fingerprint density at radius 1 is 1.09 bits per heavy atom. The lowest BCUT2D eigenvalue weighted by molar-refractivity contribution is 0.479. The first-order valence-electron chi connectivity index (χ1n) is 6.63. The minimum absolute atomic E-state index is 0.00644. The quantitative estimate of drug-likeness (QED) is 0.779. The van der Waals surface area contributed by atoms with Crippen molar-refractivity contribution in [3.63, 3.8) is 0 Å². The standard InChI is InChI=1S/C16H14N2O3S/c1-11-7-12-8-14(9-16(19)15(12)10-17-11)22(20,21)18-13-5-3-2-4-6-13/h2-10,18-19H,1H3. The summed E-state index contributed by atoms with van der Waals surface area (Å²) in [6.07, 6.45) is 1.53. The smallest absolute Gasteiger partial charge is 0.262 e. The first-order chi connectivity index (χ1) is 10.5. The number of aromatic nitrogens is 1. The average molecular weight is 314 g/mol. The Hall–Kier alpha value is -2.60. The van der Waals surface area contributed by atoms with Crippen LogP contribution in [0.3, 0.4) is 0 Å². The summed E-state index contributed by atoms with van der Waals surface area (Å²) < 4.78 is 27.4. The molecule has 2 aromatic carbocycles. The largest absolute Gasteiger partial charge is 0.507 e. The van der Waals surface area contributed by atoms with Crippen molar-refractivity contribution in [3.8, 4) is 5.75 Å². The second-order valence-electron chi connectivity index (χ2n) is 4.96. The van der Waals surface area contributed by atoms with Crippen molar-refractivity contribution in [1.82, 2.24) is 4.98 Å². The number of rotatable bonds is 3. The number of phenols is 1. The van der Waals surface area contributed by atoms with Gasteiger partial charge in [-0.1, -0.05) is 18.2 Å². The zero-order valence-corrected chi connectivity index (χ0v) is 12.6. The zero-order chi connectivity index (χ0) is 15.7. The summed E-state index contributed by atoms with van der Waals surface area (Å²) in [7, 11) is -3.77. The zero-order valence-electron chi connectivity index (χ0n) is 11.8. The third kappa shape index (κ3) is 2.73. The lowest BCUT2D eigenvalue weighted by Crippen LogP contribution is -2.12. The molecule has 3 rings (SSSR count). The molecule has 0 aliphatic rings. The Morgan fingerprint density at radius 3 is 2.55 bits per heavy atom. The molecule has 22 heavy (non-hydrogen) atoms. The van der Waals surface area contributed by atoms with E-state index in [1.807, 2.05) is 0 Å². The minimum atomic E-state index is -3.77. The Kier molecular flexibility index (Phi) is 3.46. The number of pyridine rings is 1. The Labute approximate surface area is 128 Å². The van der Waals surface area contributed by atoms with Crippen molar-refractivity contribution in [2.24, 2.45) is 0 Å². The van der Waals surface area contributed by atoms with Crippen molar-refractivity contribution >= 4 is 26.5 Å². The van der Waals surface area contributed by atoms with Crippen molar-refractivity contribution in [1.29, 1.82) is 0 Å². The van der Waals surface area contributed by atoms with Gasteiger partial charge in [-0.05, 0) is 36.6 Å². The normalized spacial score (nSPS) is 11.5. The van der Waals surface area contributed by atoms with Crippen molar-refractivity contribution in [2.75, 3.05) is 4.72 Å². The number of hydrogen-bond donors (Lipinski definition) is 2. The molecule has 112 valence electrons. The van der Waals surface area contributed by atoms with E-state index in [-0.39, 0.29) is 10.6 Å². The van der Waals surface area contributed by atoms with Gasteiger partial charge in [0.15, 0.2) is 0 Å². The van der Waals surface area contributed by atoms with Crippen LogP contribution in [0.2, 0.25) is 0 Å². The van der Waals surface area contributed by atoms with Gasteiger partial charge in [-0.3, -0.25) is 9.71 Å². The first kappa shape index (κ1) is 14.3. The maximum atomic E-state index is 12.4. The van der Waals surface area contributed by atoms with E-state index in [9.17, 15) is 13.5 Å². The summed E-state index contributed by atoms with van der Waals surface area (Å²) in [6, 6.07) is 13.1. The fourth-order valence-electron chi connectivity index (χ4n) is 2.20. The molecule has 5 nitrogen and oxygen atoms in total. The molecule has 1 heterocycles.